The van der Waals surface area contributed by atoms with Crippen LogP contribution < -0.4 is 16.0 Å². The molecule has 2 aliphatic carbocycles. The van der Waals surface area contributed by atoms with Crippen molar-refractivity contribution < 1.29 is 4.79 Å². The largest absolute Gasteiger partial charge is 0.385 e. The second-order valence-corrected chi connectivity index (χ2v) is 12.7. The number of rotatable bonds is 12. The number of fused-ring (bicyclic) bond motifs is 3. The van der Waals surface area contributed by atoms with Crippen LogP contribution in [0.3, 0.4) is 0 Å². The topological polar surface area (TPSA) is 135 Å². The van der Waals surface area contributed by atoms with Gasteiger partial charge >= 0.3 is 0 Å². The Morgan fingerprint density at radius 3 is 2.42 bits per heavy atom. The summed E-state index contributed by atoms with van der Waals surface area (Å²) < 4.78 is 0. The Kier molecular flexibility index (Phi) is 8.47. The van der Waals surface area contributed by atoms with E-state index < -0.39 is 5.41 Å². The second-order valence-electron chi connectivity index (χ2n) is 12.7. The maximum atomic E-state index is 12.9. The van der Waals surface area contributed by atoms with E-state index in [1.165, 1.54) is 5.56 Å². The summed E-state index contributed by atoms with van der Waals surface area (Å²) in [6, 6.07) is 15.4. The molecule has 3 aliphatic rings. The minimum absolute atomic E-state index is 0.0108. The van der Waals surface area contributed by atoms with Crippen LogP contribution in [0.4, 0.5) is 0 Å². The fourth-order valence-electron chi connectivity index (χ4n) is 7.59. The summed E-state index contributed by atoms with van der Waals surface area (Å²) in [5.74, 6) is 1.14. The molecule has 1 saturated heterocycles. The van der Waals surface area contributed by atoms with Crippen LogP contribution in [0.25, 0.3) is 5.70 Å². The van der Waals surface area contributed by atoms with Gasteiger partial charge in [0.2, 0.25) is 0 Å². The third-order valence-electron chi connectivity index (χ3n) is 9.74. The Hall–Kier alpha value is -4.49. The normalized spacial score (nSPS) is 23.5. The van der Waals surface area contributed by atoms with E-state index in [-0.39, 0.29) is 18.0 Å². The number of benzene rings is 2. The van der Waals surface area contributed by atoms with Gasteiger partial charge in [0, 0.05) is 48.7 Å². The highest BCUT2D eigenvalue weighted by Gasteiger charge is 2.52. The molecule has 0 spiro atoms. The fourth-order valence-corrected chi connectivity index (χ4v) is 7.59. The first-order valence-electron chi connectivity index (χ1n) is 16.1. The molecule has 45 heavy (non-hydrogen) atoms. The minimum atomic E-state index is -0.746. The molecule has 2 heterocycles. The molecule has 0 bridgehead atoms. The Labute approximate surface area is 265 Å². The fraction of sp³-hybridized carbons (Fsp3) is 0.457. The molecule has 10 heteroatoms. The SMILES string of the molecule is C=C(NCC)c1ccc2c(c1)CCc1cc(C(=O)NCC)ccc1C2(C[C@H](C)NCC(=C)N1C(C#N)C[C@@H]2C[C@@H]21)c1nn[nH]n1. The number of nitriles is 1. The highest BCUT2D eigenvalue weighted by Crippen LogP contribution is 2.49. The standard InChI is InChI=1S/C35H43N9O/c1-6-37-23(5)24-10-12-30-25(14-24)8-9-26-15-27(33(45)38-7-2)11-13-31(26)35(30,34-40-42-43-41-34)18-21(3)39-20-22(4)44-29(19-36)16-28-17-32(28)44/h10-15,21,28-29,32,37,39H,4-9,16-18,20H2,1-3H3,(H,38,45)(H,40,41,42,43)/t21-,28+,29?,32-,35?/m0/s1. The van der Waals surface area contributed by atoms with Crippen molar-refractivity contribution in [1.29, 1.82) is 5.26 Å². The molecular weight excluding hydrogens is 562 g/mol. The molecule has 1 amide bonds. The second kappa shape index (κ2) is 12.5. The summed E-state index contributed by atoms with van der Waals surface area (Å²) in [5.41, 5.74) is 7.28. The van der Waals surface area contributed by atoms with E-state index >= 15 is 0 Å². The number of hydrogen-bond donors (Lipinski definition) is 4. The molecule has 234 valence electrons. The smallest absolute Gasteiger partial charge is 0.251 e. The lowest BCUT2D eigenvalue weighted by Crippen LogP contribution is -2.42. The van der Waals surface area contributed by atoms with Crippen LogP contribution in [-0.4, -0.2) is 69.2 Å². The molecule has 0 radical (unpaired) electrons. The van der Waals surface area contributed by atoms with Gasteiger partial charge in [0.25, 0.3) is 5.91 Å². The number of nitrogens with one attached hydrogen (secondary N) is 4. The van der Waals surface area contributed by atoms with E-state index in [0.29, 0.717) is 42.9 Å². The summed E-state index contributed by atoms with van der Waals surface area (Å²) in [6.45, 7) is 16.8. The molecule has 2 unspecified atom stereocenters. The van der Waals surface area contributed by atoms with Gasteiger partial charge < -0.3 is 20.9 Å². The third kappa shape index (κ3) is 5.61. The van der Waals surface area contributed by atoms with Crippen LogP contribution in [-0.2, 0) is 18.3 Å². The van der Waals surface area contributed by atoms with Crippen molar-refractivity contribution >= 4 is 11.6 Å². The molecule has 5 atom stereocenters. The van der Waals surface area contributed by atoms with Crippen molar-refractivity contribution in [2.45, 2.75) is 76.4 Å². The molecule has 6 rings (SSSR count). The van der Waals surface area contributed by atoms with E-state index in [4.69, 9.17) is 0 Å². The maximum Gasteiger partial charge on any atom is 0.251 e. The van der Waals surface area contributed by atoms with Crippen LogP contribution in [0.15, 0.2) is 55.3 Å². The van der Waals surface area contributed by atoms with Crippen molar-refractivity contribution in [2.24, 2.45) is 5.92 Å². The number of aromatic amines is 1. The quantitative estimate of drug-likeness (QED) is 0.245. The van der Waals surface area contributed by atoms with Crippen LogP contribution in [0.5, 0.6) is 0 Å². The van der Waals surface area contributed by atoms with Crippen LogP contribution in [0.2, 0.25) is 0 Å². The van der Waals surface area contributed by atoms with Crippen LogP contribution in [0.1, 0.15) is 84.0 Å². The predicted molar refractivity (Wildman–Crippen MR) is 174 cm³/mol. The van der Waals surface area contributed by atoms with Crippen molar-refractivity contribution in [3.05, 3.63) is 94.5 Å². The molecule has 10 nitrogen and oxygen atoms in total. The molecule has 1 aromatic heterocycles. The lowest BCUT2D eigenvalue weighted by Gasteiger charge is -2.37. The molecule has 2 fully saturated rings. The Morgan fingerprint density at radius 1 is 1.09 bits per heavy atom. The number of tetrazole rings is 1. The van der Waals surface area contributed by atoms with Gasteiger partial charge in [-0.3, -0.25) is 4.79 Å². The lowest BCUT2D eigenvalue weighted by molar-refractivity contribution is 0.0955. The Morgan fingerprint density at radius 2 is 1.78 bits per heavy atom. The highest BCUT2D eigenvalue weighted by atomic mass is 16.1. The van der Waals surface area contributed by atoms with E-state index in [0.717, 1.165) is 65.9 Å². The number of piperidine rings is 1. The molecular formula is C35H43N9O. The Balaban J connectivity index is 1.40. The van der Waals surface area contributed by atoms with Crippen LogP contribution >= 0.6 is 0 Å². The summed E-state index contributed by atoms with van der Waals surface area (Å²) in [4.78, 5) is 15.1. The Bertz CT molecular complexity index is 1570. The summed E-state index contributed by atoms with van der Waals surface area (Å²) in [7, 11) is 0. The summed E-state index contributed by atoms with van der Waals surface area (Å²) in [6.07, 6.45) is 4.28. The zero-order valence-corrected chi connectivity index (χ0v) is 26.5. The molecule has 1 aliphatic heterocycles. The van der Waals surface area contributed by atoms with Gasteiger partial charge in [-0.15, -0.1) is 10.2 Å². The van der Waals surface area contributed by atoms with E-state index in [9.17, 15) is 10.1 Å². The maximum absolute atomic E-state index is 12.9. The van der Waals surface area contributed by atoms with E-state index in [1.807, 2.05) is 19.1 Å². The highest BCUT2D eigenvalue weighted by molar-refractivity contribution is 5.94. The molecule has 3 aromatic rings. The van der Waals surface area contributed by atoms with E-state index in [2.05, 4.69) is 98.8 Å². The average Bonchev–Trinajstić information content (AvgIpc) is 3.42. The van der Waals surface area contributed by atoms with Gasteiger partial charge in [0.15, 0.2) is 5.82 Å². The van der Waals surface area contributed by atoms with E-state index in [1.54, 1.807) is 0 Å². The first-order chi connectivity index (χ1) is 21.8. The number of carbonyl (C=O) groups excluding carboxylic acids is 1. The monoisotopic (exact) mass is 605 g/mol. The van der Waals surface area contributed by atoms with Gasteiger partial charge in [0.05, 0.1) is 11.5 Å². The number of H-pyrrole nitrogens is 1. The number of aryl methyl sites for hydroxylation is 2. The van der Waals surface area contributed by atoms with Crippen molar-refractivity contribution in [3.63, 3.8) is 0 Å². The van der Waals surface area contributed by atoms with Crippen molar-refractivity contribution in [3.8, 4) is 6.07 Å². The third-order valence-corrected chi connectivity index (χ3v) is 9.74. The summed E-state index contributed by atoms with van der Waals surface area (Å²) >= 11 is 0. The predicted octanol–water partition coefficient (Wildman–Crippen LogP) is 3.83. The number of hydrogen-bond acceptors (Lipinski definition) is 8. The average molecular weight is 606 g/mol. The van der Waals surface area contributed by atoms with Gasteiger partial charge in [-0.1, -0.05) is 36.6 Å². The number of amides is 1. The number of carbonyl (C=O) groups is 1. The van der Waals surface area contributed by atoms with Crippen molar-refractivity contribution in [1.82, 2.24) is 41.5 Å². The van der Waals surface area contributed by atoms with Crippen molar-refractivity contribution in [2.75, 3.05) is 19.6 Å². The number of nitrogens with zero attached hydrogens (tertiary/aromatic N) is 5. The van der Waals surface area contributed by atoms with Gasteiger partial charge in [-0.2, -0.15) is 10.5 Å². The number of aromatic nitrogens is 4. The first kappa shape index (κ1) is 30.5. The molecule has 4 N–H and O–H groups in total. The zero-order valence-electron chi connectivity index (χ0n) is 26.5. The van der Waals surface area contributed by atoms with Gasteiger partial charge in [0.1, 0.15) is 6.04 Å². The molecule has 2 aromatic carbocycles. The first-order valence-corrected chi connectivity index (χ1v) is 16.1. The lowest BCUT2D eigenvalue weighted by atomic mass is 9.67. The van der Waals surface area contributed by atoms with Gasteiger partial charge in [-0.05, 0) is 105 Å². The van der Waals surface area contributed by atoms with Crippen LogP contribution in [0, 0.1) is 17.2 Å². The minimum Gasteiger partial charge on any atom is -0.385 e. The van der Waals surface area contributed by atoms with Gasteiger partial charge in [-0.25, -0.2) is 0 Å². The zero-order chi connectivity index (χ0) is 31.7. The molecule has 1 saturated carbocycles. The number of likely N-dealkylation sites (tertiary alicyclic amines) is 1. The summed E-state index contributed by atoms with van der Waals surface area (Å²) in [5, 5.41) is 35.7.